The summed E-state index contributed by atoms with van der Waals surface area (Å²) in [6.45, 7) is 0. The maximum absolute atomic E-state index is 13.8. The molecule has 1 aromatic heterocycles. The third kappa shape index (κ3) is 2.52. The van der Waals surface area contributed by atoms with Crippen LogP contribution in [0.4, 0.5) is 17.6 Å². The number of hydrogen-bond acceptors (Lipinski definition) is 4. The number of nitrogen functional groups attached to an aromatic ring is 1. The molecular weight excluding hydrogens is 334 g/mol. The summed E-state index contributed by atoms with van der Waals surface area (Å²) in [7, 11) is 0. The van der Waals surface area contributed by atoms with Gasteiger partial charge in [0, 0.05) is 12.1 Å². The normalized spacial score (nSPS) is 11.7. The van der Waals surface area contributed by atoms with Gasteiger partial charge in [0.15, 0.2) is 5.69 Å². The molecule has 0 atom stereocenters. The number of aromatic hydroxyl groups is 1. The minimum Gasteiger partial charge on any atom is -0.506 e. The van der Waals surface area contributed by atoms with Crippen molar-refractivity contribution >= 4 is 11.6 Å². The van der Waals surface area contributed by atoms with Crippen molar-refractivity contribution in [3.63, 3.8) is 0 Å². The van der Waals surface area contributed by atoms with E-state index in [4.69, 9.17) is 17.4 Å². The molecule has 0 aliphatic carbocycles. The smallest absolute Gasteiger partial charge is 0.433 e. The van der Waals surface area contributed by atoms with E-state index in [1.54, 1.807) is 0 Å². The van der Waals surface area contributed by atoms with Crippen molar-refractivity contribution in [2.75, 3.05) is 5.84 Å². The molecule has 0 radical (unpaired) electrons. The van der Waals surface area contributed by atoms with E-state index in [9.17, 15) is 32.3 Å². The highest BCUT2D eigenvalue weighted by Crippen LogP contribution is 2.28. The molecule has 0 spiro atoms. The Morgan fingerprint density at radius 1 is 1.18 bits per heavy atom. The van der Waals surface area contributed by atoms with Crippen molar-refractivity contribution in [2.24, 2.45) is 0 Å². The van der Waals surface area contributed by atoms with E-state index >= 15 is 0 Å². The number of aromatic nitrogens is 2. The summed E-state index contributed by atoms with van der Waals surface area (Å²) in [6.07, 6.45) is -5.05. The Hall–Kier alpha value is -2.49. The Balaban J connectivity index is 2.85. The predicted octanol–water partition coefficient (Wildman–Crippen LogP) is 1.23. The predicted molar refractivity (Wildman–Crippen MR) is 68.1 cm³/mol. The summed E-state index contributed by atoms with van der Waals surface area (Å²) in [5.74, 6) is 3.13. The lowest BCUT2D eigenvalue weighted by Gasteiger charge is -2.14. The molecule has 118 valence electrons. The van der Waals surface area contributed by atoms with E-state index < -0.39 is 45.4 Å². The quantitative estimate of drug-likeness (QED) is 0.604. The van der Waals surface area contributed by atoms with Gasteiger partial charge in [0.05, 0.1) is 10.7 Å². The van der Waals surface area contributed by atoms with Gasteiger partial charge in [0.1, 0.15) is 11.6 Å². The molecule has 0 fully saturated rings. The second-order valence-corrected chi connectivity index (χ2v) is 4.52. The Bertz CT molecular complexity index is 873. The Kier molecular flexibility index (Phi) is 3.65. The zero-order valence-corrected chi connectivity index (χ0v) is 11.1. The van der Waals surface area contributed by atoms with E-state index in [2.05, 4.69) is 0 Å². The van der Waals surface area contributed by atoms with Crippen LogP contribution in [0.15, 0.2) is 27.8 Å². The number of hydrogen-bond donors (Lipinski definition) is 2. The molecule has 2 rings (SSSR count). The fourth-order valence-electron chi connectivity index (χ4n) is 1.69. The van der Waals surface area contributed by atoms with Gasteiger partial charge in [-0.05, 0) is 6.07 Å². The van der Waals surface area contributed by atoms with E-state index in [1.165, 1.54) is 0 Å². The molecule has 1 heterocycles. The van der Waals surface area contributed by atoms with Gasteiger partial charge in [-0.15, -0.1) is 0 Å². The van der Waals surface area contributed by atoms with Crippen molar-refractivity contribution in [3.8, 4) is 11.4 Å². The zero-order chi connectivity index (χ0) is 16.8. The minimum absolute atomic E-state index is 0.0342. The minimum atomic E-state index is -5.05. The molecule has 0 amide bonds. The summed E-state index contributed by atoms with van der Waals surface area (Å²) in [4.78, 5) is 23.5. The van der Waals surface area contributed by atoms with Crippen LogP contribution in [-0.4, -0.2) is 14.3 Å². The van der Waals surface area contributed by atoms with Crippen LogP contribution in [0.5, 0.6) is 5.75 Å². The molecule has 11 heteroatoms. The van der Waals surface area contributed by atoms with Gasteiger partial charge in [-0.1, -0.05) is 11.6 Å². The van der Waals surface area contributed by atoms with Gasteiger partial charge < -0.3 is 10.9 Å². The highest BCUT2D eigenvalue weighted by atomic mass is 35.5. The highest BCUT2D eigenvalue weighted by Gasteiger charge is 2.36. The number of nitrogens with zero attached hydrogens (tertiary/aromatic N) is 2. The maximum atomic E-state index is 13.8. The van der Waals surface area contributed by atoms with Crippen molar-refractivity contribution in [3.05, 3.63) is 55.6 Å². The van der Waals surface area contributed by atoms with Crippen LogP contribution in [0, 0.1) is 5.82 Å². The monoisotopic (exact) mass is 339 g/mol. The molecule has 3 N–H and O–H groups in total. The summed E-state index contributed by atoms with van der Waals surface area (Å²) in [5.41, 5.74) is -5.60. The van der Waals surface area contributed by atoms with Gasteiger partial charge >= 0.3 is 11.9 Å². The maximum Gasteiger partial charge on any atom is 0.433 e. The van der Waals surface area contributed by atoms with Crippen molar-refractivity contribution in [1.29, 1.82) is 0 Å². The van der Waals surface area contributed by atoms with E-state index in [0.29, 0.717) is 12.1 Å². The van der Waals surface area contributed by atoms with Gasteiger partial charge in [0.2, 0.25) is 0 Å². The lowest BCUT2D eigenvalue weighted by atomic mass is 10.2. The number of benzene rings is 1. The molecule has 0 aliphatic rings. The third-order valence-electron chi connectivity index (χ3n) is 2.69. The van der Waals surface area contributed by atoms with Crippen LogP contribution >= 0.6 is 11.6 Å². The molecular formula is C11H6ClF4N3O3. The van der Waals surface area contributed by atoms with Crippen molar-refractivity contribution in [1.82, 2.24) is 9.24 Å². The number of rotatable bonds is 1. The molecule has 22 heavy (non-hydrogen) atoms. The number of phenolic OH excluding ortho intramolecular Hbond substituents is 1. The van der Waals surface area contributed by atoms with Gasteiger partial charge in [-0.3, -0.25) is 4.79 Å². The second-order valence-electron chi connectivity index (χ2n) is 4.11. The molecule has 0 saturated heterocycles. The van der Waals surface area contributed by atoms with Crippen LogP contribution in [-0.2, 0) is 6.18 Å². The first-order valence-electron chi connectivity index (χ1n) is 5.44. The van der Waals surface area contributed by atoms with Crippen LogP contribution in [0.25, 0.3) is 5.69 Å². The Morgan fingerprint density at radius 3 is 2.32 bits per heavy atom. The zero-order valence-electron chi connectivity index (χ0n) is 10.4. The van der Waals surface area contributed by atoms with Crippen LogP contribution in [0.1, 0.15) is 5.69 Å². The van der Waals surface area contributed by atoms with E-state index in [0.717, 1.165) is 0 Å². The fourth-order valence-corrected chi connectivity index (χ4v) is 1.84. The van der Waals surface area contributed by atoms with Crippen LogP contribution in [0.3, 0.4) is 0 Å². The van der Waals surface area contributed by atoms with Gasteiger partial charge in [-0.2, -0.15) is 13.2 Å². The average Bonchev–Trinajstić information content (AvgIpc) is 2.38. The van der Waals surface area contributed by atoms with Gasteiger partial charge in [-0.25, -0.2) is 18.4 Å². The van der Waals surface area contributed by atoms with Crippen LogP contribution in [0.2, 0.25) is 5.02 Å². The van der Waals surface area contributed by atoms with E-state index in [1.807, 2.05) is 0 Å². The summed E-state index contributed by atoms with van der Waals surface area (Å²) >= 11 is 5.44. The first-order chi connectivity index (χ1) is 10.0. The lowest BCUT2D eigenvalue weighted by molar-refractivity contribution is -0.143. The summed E-state index contributed by atoms with van der Waals surface area (Å²) < 4.78 is 51.3. The number of nitrogens with two attached hydrogens (primary N) is 1. The van der Waals surface area contributed by atoms with Gasteiger partial charge in [0.25, 0.3) is 5.56 Å². The number of phenols is 1. The Labute approximate surface area is 123 Å². The molecule has 0 bridgehead atoms. The first-order valence-corrected chi connectivity index (χ1v) is 5.81. The molecule has 0 unspecified atom stereocenters. The first kappa shape index (κ1) is 15.9. The molecule has 6 nitrogen and oxygen atoms in total. The molecule has 2 aromatic rings. The van der Waals surface area contributed by atoms with Crippen molar-refractivity contribution in [2.45, 2.75) is 6.18 Å². The second kappa shape index (κ2) is 5.05. The summed E-state index contributed by atoms with van der Waals surface area (Å²) in [5, 5.41) is 8.98. The lowest BCUT2D eigenvalue weighted by Crippen LogP contribution is -2.45. The summed E-state index contributed by atoms with van der Waals surface area (Å²) in [6, 6.07) is 1.25. The van der Waals surface area contributed by atoms with E-state index in [-0.39, 0.29) is 15.3 Å². The van der Waals surface area contributed by atoms with Crippen LogP contribution < -0.4 is 17.1 Å². The largest absolute Gasteiger partial charge is 0.506 e. The standard InChI is InChI=1S/C11H6ClF4N3O3/c12-4-1-5(13)6(2-7(4)20)18-9(21)3-8(11(14,15)16)19(17)10(18)22/h1-3,20H,17H2. The fraction of sp³-hybridized carbons (Fsp3) is 0.0909. The SMILES string of the molecule is Nn1c(C(F)(F)F)cc(=O)n(-c2cc(O)c(Cl)cc2F)c1=O. The third-order valence-corrected chi connectivity index (χ3v) is 2.99. The topological polar surface area (TPSA) is 90.2 Å². The van der Waals surface area contributed by atoms with Crippen molar-refractivity contribution < 1.29 is 22.7 Å². The number of alkyl halides is 3. The Morgan fingerprint density at radius 2 is 1.77 bits per heavy atom. The highest BCUT2D eigenvalue weighted by molar-refractivity contribution is 6.32. The number of halogens is 5. The average molecular weight is 340 g/mol. The molecule has 0 aliphatic heterocycles. The molecule has 1 aromatic carbocycles. The molecule has 0 saturated carbocycles.